The fourth-order valence-corrected chi connectivity index (χ4v) is 6.72. The molecule has 0 aliphatic carbocycles. The maximum Gasteiger partial charge on any atom is 0.408 e. The first-order chi connectivity index (χ1) is 21.1. The number of hydrogen-bond donors (Lipinski definition) is 2. The first-order valence-corrected chi connectivity index (χ1v) is 18.7. The SMILES string of the molecule is CCCCCCCCCCCCCCCCCCCCC(=O)OC(OP1(=O)NCCCO1)C(CO)OCc1ccccc1. The van der Waals surface area contributed by atoms with Crippen molar-refractivity contribution < 1.29 is 33.0 Å². The smallest absolute Gasteiger partial charge is 0.408 e. The van der Waals surface area contributed by atoms with Gasteiger partial charge in [0.25, 0.3) is 0 Å². The van der Waals surface area contributed by atoms with Crippen molar-refractivity contribution in [3.05, 3.63) is 35.9 Å². The minimum absolute atomic E-state index is 0.182. The van der Waals surface area contributed by atoms with Crippen molar-refractivity contribution in [1.29, 1.82) is 0 Å². The summed E-state index contributed by atoms with van der Waals surface area (Å²) >= 11 is 0. The molecule has 1 aromatic carbocycles. The second kappa shape index (κ2) is 25.0. The van der Waals surface area contributed by atoms with Crippen LogP contribution in [0.15, 0.2) is 30.3 Å². The van der Waals surface area contributed by atoms with Crippen LogP contribution < -0.4 is 5.09 Å². The standard InChI is InChI=1S/C34H60NO7P/c1-2-3-4-5-6-7-8-9-10-11-12-13-14-15-16-17-18-22-26-33(37)41-34(42-43(38)35-27-23-28-40-43)32(29-36)39-30-31-24-20-19-21-25-31/h19-21,24-25,32,34,36H,2-18,22-23,26-30H2,1H3,(H,35,38). The predicted octanol–water partition coefficient (Wildman–Crippen LogP) is 9.00. The monoisotopic (exact) mass is 625 g/mol. The van der Waals surface area contributed by atoms with E-state index in [1.54, 1.807) is 0 Å². The van der Waals surface area contributed by atoms with E-state index >= 15 is 0 Å². The summed E-state index contributed by atoms with van der Waals surface area (Å²) in [5.74, 6) is -0.466. The predicted molar refractivity (Wildman–Crippen MR) is 173 cm³/mol. The van der Waals surface area contributed by atoms with Crippen LogP contribution in [0.5, 0.6) is 0 Å². The lowest BCUT2D eigenvalue weighted by atomic mass is 10.0. The largest absolute Gasteiger partial charge is 0.432 e. The summed E-state index contributed by atoms with van der Waals surface area (Å²) in [7, 11) is -3.67. The molecule has 2 N–H and O–H groups in total. The highest BCUT2D eigenvalue weighted by Crippen LogP contribution is 2.47. The minimum atomic E-state index is -3.67. The highest BCUT2D eigenvalue weighted by Gasteiger charge is 2.37. The maximum atomic E-state index is 13.0. The number of benzene rings is 1. The zero-order chi connectivity index (χ0) is 30.9. The van der Waals surface area contributed by atoms with E-state index in [0.29, 0.717) is 19.4 Å². The van der Waals surface area contributed by atoms with Crippen LogP contribution in [0, 0.1) is 0 Å². The Morgan fingerprint density at radius 3 is 1.88 bits per heavy atom. The fraction of sp³-hybridized carbons (Fsp3) is 0.794. The molecule has 1 aromatic rings. The van der Waals surface area contributed by atoms with Crippen molar-refractivity contribution in [1.82, 2.24) is 5.09 Å². The number of carbonyl (C=O) groups is 1. The molecule has 248 valence electrons. The molecule has 8 nitrogen and oxygen atoms in total. The highest BCUT2D eigenvalue weighted by molar-refractivity contribution is 7.51. The number of aliphatic hydroxyl groups is 1. The van der Waals surface area contributed by atoms with Gasteiger partial charge >= 0.3 is 13.7 Å². The first kappa shape index (κ1) is 37.9. The third-order valence-corrected chi connectivity index (χ3v) is 9.52. The van der Waals surface area contributed by atoms with E-state index in [1.165, 1.54) is 96.3 Å². The Labute approximate surface area is 261 Å². The molecular weight excluding hydrogens is 565 g/mol. The van der Waals surface area contributed by atoms with E-state index < -0.39 is 32.7 Å². The Hall–Kier alpha value is -1.28. The van der Waals surface area contributed by atoms with Crippen molar-refractivity contribution in [3.63, 3.8) is 0 Å². The molecule has 0 amide bonds. The molecule has 1 aliphatic heterocycles. The zero-order valence-corrected chi connectivity index (χ0v) is 27.8. The summed E-state index contributed by atoms with van der Waals surface area (Å²) in [4.78, 5) is 12.7. The number of carbonyl (C=O) groups excluding carboxylic acids is 1. The normalized spacial score (nSPS) is 18.4. The summed E-state index contributed by atoms with van der Waals surface area (Å²) < 4.78 is 35.3. The van der Waals surface area contributed by atoms with Crippen molar-refractivity contribution in [3.8, 4) is 0 Å². The van der Waals surface area contributed by atoms with Gasteiger partial charge in [0.05, 0.1) is 19.8 Å². The second-order valence-electron chi connectivity index (χ2n) is 11.8. The van der Waals surface area contributed by atoms with E-state index in [4.69, 9.17) is 18.5 Å². The Kier molecular flexibility index (Phi) is 22.0. The summed E-state index contributed by atoms with van der Waals surface area (Å²) in [6.45, 7) is 2.73. The molecule has 3 unspecified atom stereocenters. The van der Waals surface area contributed by atoms with Gasteiger partial charge in [-0.05, 0) is 18.4 Å². The number of esters is 1. The Morgan fingerprint density at radius 2 is 1.40 bits per heavy atom. The molecule has 9 heteroatoms. The molecule has 1 heterocycles. The van der Waals surface area contributed by atoms with Crippen LogP contribution in [0.25, 0.3) is 0 Å². The molecule has 1 aliphatic rings. The van der Waals surface area contributed by atoms with E-state index in [9.17, 15) is 14.5 Å². The van der Waals surface area contributed by atoms with Crippen LogP contribution in [-0.2, 0) is 34.5 Å². The Morgan fingerprint density at radius 1 is 0.860 bits per heavy atom. The molecule has 0 radical (unpaired) electrons. The van der Waals surface area contributed by atoms with Gasteiger partial charge in [-0.1, -0.05) is 146 Å². The van der Waals surface area contributed by atoms with Gasteiger partial charge in [0.15, 0.2) is 0 Å². The van der Waals surface area contributed by atoms with Crippen LogP contribution in [0.1, 0.15) is 141 Å². The number of unbranched alkanes of at least 4 members (excludes halogenated alkanes) is 17. The lowest BCUT2D eigenvalue weighted by molar-refractivity contribution is -0.195. The molecule has 0 spiro atoms. The topological polar surface area (TPSA) is 103 Å². The van der Waals surface area contributed by atoms with Crippen LogP contribution in [0.3, 0.4) is 0 Å². The van der Waals surface area contributed by atoms with E-state index in [0.717, 1.165) is 18.4 Å². The van der Waals surface area contributed by atoms with E-state index in [-0.39, 0.29) is 19.6 Å². The van der Waals surface area contributed by atoms with Crippen LogP contribution >= 0.6 is 7.75 Å². The fourth-order valence-electron chi connectivity index (χ4n) is 5.24. The number of rotatable bonds is 27. The minimum Gasteiger partial charge on any atom is -0.432 e. The lowest BCUT2D eigenvalue weighted by Crippen LogP contribution is -2.39. The van der Waals surface area contributed by atoms with E-state index in [1.807, 2.05) is 30.3 Å². The summed E-state index contributed by atoms with van der Waals surface area (Å²) in [6.07, 6.45) is 21.7. The quantitative estimate of drug-likeness (QED) is 0.0432. The van der Waals surface area contributed by atoms with Gasteiger partial charge in [0.2, 0.25) is 6.29 Å². The number of ether oxygens (including phenoxy) is 2. The van der Waals surface area contributed by atoms with Gasteiger partial charge in [0, 0.05) is 13.0 Å². The molecule has 1 saturated heterocycles. The Bertz CT molecular complexity index is 846. The Balaban J connectivity index is 1.56. The zero-order valence-electron chi connectivity index (χ0n) is 26.9. The van der Waals surface area contributed by atoms with Crippen LogP contribution in [-0.4, -0.2) is 43.2 Å². The van der Waals surface area contributed by atoms with Crippen molar-refractivity contribution in [2.75, 3.05) is 19.8 Å². The van der Waals surface area contributed by atoms with Gasteiger partial charge in [-0.25, -0.2) is 9.65 Å². The molecule has 0 saturated carbocycles. The molecular formula is C34H60NO7P. The third kappa shape index (κ3) is 19.0. The van der Waals surface area contributed by atoms with Gasteiger partial charge in [0.1, 0.15) is 6.10 Å². The van der Waals surface area contributed by atoms with E-state index in [2.05, 4.69) is 12.0 Å². The van der Waals surface area contributed by atoms with Crippen molar-refractivity contribution in [2.24, 2.45) is 0 Å². The second-order valence-corrected chi connectivity index (χ2v) is 13.6. The number of hydrogen-bond acceptors (Lipinski definition) is 7. The molecule has 1 fully saturated rings. The third-order valence-electron chi connectivity index (χ3n) is 7.90. The van der Waals surface area contributed by atoms with Gasteiger partial charge in [-0.15, -0.1) is 0 Å². The highest BCUT2D eigenvalue weighted by atomic mass is 31.2. The number of aliphatic hydroxyl groups excluding tert-OH is 1. The summed E-state index contributed by atoms with van der Waals surface area (Å²) in [5.41, 5.74) is 0.892. The summed E-state index contributed by atoms with van der Waals surface area (Å²) in [6, 6.07) is 9.46. The average Bonchev–Trinajstić information content (AvgIpc) is 3.01. The number of nitrogens with one attached hydrogen (secondary N) is 1. The molecule has 0 aromatic heterocycles. The molecule has 0 bridgehead atoms. The van der Waals surface area contributed by atoms with Crippen LogP contribution in [0.4, 0.5) is 0 Å². The summed E-state index contributed by atoms with van der Waals surface area (Å²) in [5, 5.41) is 12.7. The maximum absolute atomic E-state index is 13.0. The van der Waals surface area contributed by atoms with Crippen LogP contribution in [0.2, 0.25) is 0 Å². The molecule has 3 atom stereocenters. The van der Waals surface area contributed by atoms with Gasteiger partial charge in [-0.3, -0.25) is 13.8 Å². The first-order valence-electron chi connectivity index (χ1n) is 17.2. The van der Waals surface area contributed by atoms with Gasteiger partial charge in [-0.2, -0.15) is 0 Å². The van der Waals surface area contributed by atoms with Gasteiger partial charge < -0.3 is 14.6 Å². The van der Waals surface area contributed by atoms with Crippen molar-refractivity contribution in [2.45, 2.75) is 154 Å². The molecule has 43 heavy (non-hydrogen) atoms. The lowest BCUT2D eigenvalue weighted by Gasteiger charge is -2.31. The molecule has 2 rings (SSSR count). The van der Waals surface area contributed by atoms with Crippen molar-refractivity contribution >= 4 is 13.7 Å². The average molecular weight is 626 g/mol.